The van der Waals surface area contributed by atoms with E-state index in [1.54, 1.807) is 25.3 Å². The number of ketones is 1. The van der Waals surface area contributed by atoms with Gasteiger partial charge in [0.15, 0.2) is 5.78 Å². The molecule has 104 valence electrons. The monoisotopic (exact) mass is 288 g/mol. The van der Waals surface area contributed by atoms with E-state index in [0.717, 1.165) is 5.56 Å². The van der Waals surface area contributed by atoms with Crippen LogP contribution in [0.25, 0.3) is 0 Å². The number of carbonyl (C=O) groups excluding carboxylic acids is 1. The van der Waals surface area contributed by atoms with Crippen LogP contribution in [0.4, 0.5) is 5.82 Å². The maximum Gasteiger partial charge on any atom is 0.163 e. The Morgan fingerprint density at radius 2 is 1.90 bits per heavy atom. The fourth-order valence-corrected chi connectivity index (χ4v) is 2.23. The number of benzene rings is 1. The molecule has 0 N–H and O–H groups in total. The summed E-state index contributed by atoms with van der Waals surface area (Å²) in [6.45, 7) is 3.63. The lowest BCUT2D eigenvalue weighted by molar-refractivity contribution is 0.101. The summed E-state index contributed by atoms with van der Waals surface area (Å²) in [5, 5.41) is 0.714. The van der Waals surface area contributed by atoms with Crippen LogP contribution in [-0.2, 0) is 0 Å². The van der Waals surface area contributed by atoms with E-state index < -0.39 is 0 Å². The lowest BCUT2D eigenvalue weighted by Gasteiger charge is -2.27. The van der Waals surface area contributed by atoms with Crippen LogP contribution in [0.1, 0.15) is 35.8 Å². The molecule has 0 aliphatic heterocycles. The van der Waals surface area contributed by atoms with Crippen LogP contribution in [0.15, 0.2) is 42.6 Å². The molecule has 3 nitrogen and oxygen atoms in total. The molecule has 1 heterocycles. The Balaban J connectivity index is 2.33. The molecule has 0 saturated carbocycles. The van der Waals surface area contributed by atoms with Crippen molar-refractivity contribution in [3.05, 3.63) is 58.7 Å². The van der Waals surface area contributed by atoms with Gasteiger partial charge in [0.2, 0.25) is 0 Å². The van der Waals surface area contributed by atoms with Crippen LogP contribution in [0, 0.1) is 0 Å². The highest BCUT2D eigenvalue weighted by molar-refractivity contribution is 6.30. The average Bonchev–Trinajstić information content (AvgIpc) is 2.46. The molecule has 2 aromatic rings. The molecule has 2 rings (SSSR count). The Hall–Kier alpha value is -1.87. The molecule has 0 fully saturated rings. The quantitative estimate of drug-likeness (QED) is 0.793. The van der Waals surface area contributed by atoms with Crippen molar-refractivity contribution in [2.24, 2.45) is 0 Å². The smallest absolute Gasteiger partial charge is 0.163 e. The standard InChI is InChI=1S/C16H17ClN2O/c1-11(13-6-8-14(17)9-7-13)19(3)16-15(12(2)20)5-4-10-18-16/h4-11H,1-3H3. The zero-order valence-electron chi connectivity index (χ0n) is 11.8. The van der Waals surface area contributed by atoms with Gasteiger partial charge >= 0.3 is 0 Å². The first-order valence-electron chi connectivity index (χ1n) is 6.45. The summed E-state index contributed by atoms with van der Waals surface area (Å²) < 4.78 is 0. The fourth-order valence-electron chi connectivity index (χ4n) is 2.10. The SMILES string of the molecule is CC(=O)c1cccnc1N(C)C(C)c1ccc(Cl)cc1. The van der Waals surface area contributed by atoms with Gasteiger partial charge in [-0.2, -0.15) is 0 Å². The van der Waals surface area contributed by atoms with Gasteiger partial charge < -0.3 is 4.90 Å². The molecule has 0 spiro atoms. The van der Waals surface area contributed by atoms with Crippen molar-refractivity contribution >= 4 is 23.2 Å². The van der Waals surface area contributed by atoms with Crippen LogP contribution in [0.5, 0.6) is 0 Å². The third-order valence-electron chi connectivity index (χ3n) is 3.43. The number of nitrogens with zero attached hydrogens (tertiary/aromatic N) is 2. The first-order valence-corrected chi connectivity index (χ1v) is 6.82. The van der Waals surface area contributed by atoms with Gasteiger partial charge in [0.1, 0.15) is 5.82 Å². The highest BCUT2D eigenvalue weighted by Gasteiger charge is 2.18. The van der Waals surface area contributed by atoms with Crippen molar-refractivity contribution in [3.8, 4) is 0 Å². The van der Waals surface area contributed by atoms with Gasteiger partial charge in [-0.3, -0.25) is 4.79 Å². The van der Waals surface area contributed by atoms with Gasteiger partial charge in [-0.05, 0) is 43.7 Å². The molecule has 0 saturated heterocycles. The Kier molecular flexibility index (Phi) is 4.40. The van der Waals surface area contributed by atoms with E-state index in [1.165, 1.54) is 0 Å². The lowest BCUT2D eigenvalue weighted by atomic mass is 10.1. The first-order chi connectivity index (χ1) is 9.50. The maximum atomic E-state index is 11.7. The van der Waals surface area contributed by atoms with E-state index in [9.17, 15) is 4.79 Å². The van der Waals surface area contributed by atoms with E-state index in [0.29, 0.717) is 16.4 Å². The summed E-state index contributed by atoms with van der Waals surface area (Å²) >= 11 is 5.91. The normalized spacial score (nSPS) is 12.0. The van der Waals surface area contributed by atoms with Crippen LogP contribution in [0.2, 0.25) is 5.02 Å². The minimum absolute atomic E-state index is 0.0169. The first kappa shape index (κ1) is 14.5. The number of carbonyl (C=O) groups is 1. The number of Topliss-reactive ketones (excluding diaryl/α,β-unsaturated/α-hetero) is 1. The zero-order chi connectivity index (χ0) is 14.7. The number of aromatic nitrogens is 1. The maximum absolute atomic E-state index is 11.7. The number of hydrogen-bond acceptors (Lipinski definition) is 3. The Bertz CT molecular complexity index is 610. The van der Waals surface area contributed by atoms with Crippen LogP contribution in [-0.4, -0.2) is 17.8 Å². The fraction of sp³-hybridized carbons (Fsp3) is 0.250. The summed E-state index contributed by atoms with van der Waals surface area (Å²) in [6, 6.07) is 11.4. The number of hydrogen-bond donors (Lipinski definition) is 0. The second kappa shape index (κ2) is 6.06. The molecule has 1 aromatic carbocycles. The molecule has 1 atom stereocenters. The Labute approximate surface area is 124 Å². The highest BCUT2D eigenvalue weighted by atomic mass is 35.5. The molecule has 0 amide bonds. The summed E-state index contributed by atoms with van der Waals surface area (Å²) in [6.07, 6.45) is 1.70. The zero-order valence-corrected chi connectivity index (χ0v) is 12.6. The molecule has 0 bridgehead atoms. The third kappa shape index (κ3) is 2.99. The highest BCUT2D eigenvalue weighted by Crippen LogP contribution is 2.27. The van der Waals surface area contributed by atoms with Crippen LogP contribution in [0.3, 0.4) is 0 Å². The van der Waals surface area contributed by atoms with Crippen molar-refractivity contribution in [2.45, 2.75) is 19.9 Å². The predicted octanol–water partition coefficient (Wildman–Crippen LogP) is 4.14. The summed E-state index contributed by atoms with van der Waals surface area (Å²) in [5.74, 6) is 0.714. The number of rotatable bonds is 4. The van der Waals surface area contributed by atoms with E-state index >= 15 is 0 Å². The topological polar surface area (TPSA) is 33.2 Å². The van der Waals surface area contributed by atoms with E-state index in [1.807, 2.05) is 36.2 Å². The minimum atomic E-state index is 0.0169. The molecule has 1 unspecified atom stereocenters. The summed E-state index contributed by atoms with van der Waals surface area (Å²) in [7, 11) is 1.94. The van der Waals surface area contributed by atoms with Crippen molar-refractivity contribution in [2.75, 3.05) is 11.9 Å². The second-order valence-electron chi connectivity index (χ2n) is 4.77. The van der Waals surface area contributed by atoms with Gasteiger partial charge in [-0.1, -0.05) is 23.7 Å². The number of halogens is 1. The van der Waals surface area contributed by atoms with Crippen molar-refractivity contribution in [1.82, 2.24) is 4.98 Å². The van der Waals surface area contributed by atoms with E-state index in [-0.39, 0.29) is 11.8 Å². The molecular formula is C16H17ClN2O. The predicted molar refractivity (Wildman–Crippen MR) is 82.5 cm³/mol. The van der Waals surface area contributed by atoms with Gasteiger partial charge in [0, 0.05) is 18.3 Å². The third-order valence-corrected chi connectivity index (χ3v) is 3.69. The van der Waals surface area contributed by atoms with Gasteiger partial charge in [-0.25, -0.2) is 4.98 Å². The number of anilines is 1. The van der Waals surface area contributed by atoms with Crippen molar-refractivity contribution in [3.63, 3.8) is 0 Å². The van der Waals surface area contributed by atoms with Gasteiger partial charge in [0.25, 0.3) is 0 Å². The lowest BCUT2D eigenvalue weighted by Crippen LogP contribution is -2.24. The Morgan fingerprint density at radius 3 is 2.50 bits per heavy atom. The Morgan fingerprint density at radius 1 is 1.25 bits per heavy atom. The van der Waals surface area contributed by atoms with Crippen molar-refractivity contribution in [1.29, 1.82) is 0 Å². The molecule has 20 heavy (non-hydrogen) atoms. The molecular weight excluding hydrogens is 272 g/mol. The summed E-state index contributed by atoms with van der Waals surface area (Å²) in [4.78, 5) is 18.0. The molecule has 0 aliphatic rings. The van der Waals surface area contributed by atoms with E-state index in [4.69, 9.17) is 11.6 Å². The van der Waals surface area contributed by atoms with Crippen LogP contribution < -0.4 is 4.90 Å². The molecule has 0 radical (unpaired) electrons. The largest absolute Gasteiger partial charge is 0.352 e. The molecule has 0 aliphatic carbocycles. The van der Waals surface area contributed by atoms with Gasteiger partial charge in [0.05, 0.1) is 11.6 Å². The summed E-state index contributed by atoms with van der Waals surface area (Å²) in [5.41, 5.74) is 1.76. The molecule has 4 heteroatoms. The van der Waals surface area contributed by atoms with Gasteiger partial charge in [-0.15, -0.1) is 0 Å². The molecule has 1 aromatic heterocycles. The van der Waals surface area contributed by atoms with E-state index in [2.05, 4.69) is 11.9 Å². The van der Waals surface area contributed by atoms with Crippen LogP contribution >= 0.6 is 11.6 Å². The van der Waals surface area contributed by atoms with Crippen molar-refractivity contribution < 1.29 is 4.79 Å². The average molecular weight is 289 g/mol. The second-order valence-corrected chi connectivity index (χ2v) is 5.21. The minimum Gasteiger partial charge on any atom is -0.352 e. The number of pyridine rings is 1.